The Labute approximate surface area is 136 Å². The molecule has 1 heterocycles. The number of hydrogen-bond acceptors (Lipinski definition) is 2. The van der Waals surface area contributed by atoms with E-state index in [1.54, 1.807) is 36.4 Å². The van der Waals surface area contributed by atoms with Crippen LogP contribution in [-0.2, 0) is 6.54 Å². The lowest BCUT2D eigenvalue weighted by Gasteiger charge is -2.09. The van der Waals surface area contributed by atoms with Crippen LogP contribution in [0.15, 0.2) is 36.4 Å². The van der Waals surface area contributed by atoms with Gasteiger partial charge in [-0.2, -0.15) is 0 Å². The molecular formula is C16H12Cl2N2O2. The van der Waals surface area contributed by atoms with Gasteiger partial charge in [0.25, 0.3) is 0 Å². The highest BCUT2D eigenvalue weighted by Gasteiger charge is 2.12. The van der Waals surface area contributed by atoms with Gasteiger partial charge in [0, 0.05) is 10.0 Å². The zero-order valence-electron chi connectivity index (χ0n) is 11.7. The van der Waals surface area contributed by atoms with Gasteiger partial charge >= 0.3 is 5.97 Å². The van der Waals surface area contributed by atoms with E-state index in [9.17, 15) is 4.79 Å². The number of aromatic nitrogens is 2. The number of fused-ring (bicyclic) bond motifs is 1. The van der Waals surface area contributed by atoms with E-state index in [4.69, 9.17) is 28.3 Å². The van der Waals surface area contributed by atoms with Gasteiger partial charge in [-0.15, -0.1) is 0 Å². The van der Waals surface area contributed by atoms with Crippen molar-refractivity contribution in [3.63, 3.8) is 0 Å². The number of carboxylic acids is 1. The molecule has 0 saturated heterocycles. The second-order valence-corrected chi connectivity index (χ2v) is 5.83. The minimum Gasteiger partial charge on any atom is -0.478 e. The lowest BCUT2D eigenvalue weighted by Crippen LogP contribution is -2.03. The normalized spacial score (nSPS) is 11.0. The van der Waals surface area contributed by atoms with Crippen LogP contribution in [0.4, 0.5) is 0 Å². The average Bonchev–Trinajstić information content (AvgIpc) is 2.78. The van der Waals surface area contributed by atoms with E-state index in [2.05, 4.69) is 4.98 Å². The summed E-state index contributed by atoms with van der Waals surface area (Å²) in [4.78, 5) is 15.6. The fourth-order valence-electron chi connectivity index (χ4n) is 2.41. The third-order valence-corrected chi connectivity index (χ3v) is 4.13. The summed E-state index contributed by atoms with van der Waals surface area (Å²) in [5.74, 6) is -0.179. The van der Waals surface area contributed by atoms with Gasteiger partial charge in [-0.3, -0.25) is 0 Å². The first-order valence-electron chi connectivity index (χ1n) is 6.60. The van der Waals surface area contributed by atoms with Crippen molar-refractivity contribution in [2.24, 2.45) is 0 Å². The van der Waals surface area contributed by atoms with Crippen LogP contribution in [-0.4, -0.2) is 20.6 Å². The highest BCUT2D eigenvalue weighted by molar-refractivity contribution is 6.33. The van der Waals surface area contributed by atoms with E-state index in [-0.39, 0.29) is 5.56 Å². The molecule has 1 N–H and O–H groups in total. The maximum atomic E-state index is 11.2. The topological polar surface area (TPSA) is 55.1 Å². The Kier molecular flexibility index (Phi) is 3.81. The molecule has 0 aliphatic rings. The van der Waals surface area contributed by atoms with Gasteiger partial charge in [-0.1, -0.05) is 23.2 Å². The molecule has 22 heavy (non-hydrogen) atoms. The van der Waals surface area contributed by atoms with Crippen molar-refractivity contribution in [3.8, 4) is 0 Å². The van der Waals surface area contributed by atoms with Gasteiger partial charge in [0.2, 0.25) is 0 Å². The molecule has 4 nitrogen and oxygen atoms in total. The Balaban J connectivity index is 2.13. The molecule has 0 fully saturated rings. The molecule has 0 aliphatic heterocycles. The molecule has 112 valence electrons. The molecule has 0 spiro atoms. The summed E-state index contributed by atoms with van der Waals surface area (Å²) in [5.41, 5.74) is 2.59. The number of carboxylic acid groups (broad SMARTS) is 1. The van der Waals surface area contributed by atoms with E-state index < -0.39 is 5.97 Å². The van der Waals surface area contributed by atoms with Crippen LogP contribution in [0.3, 0.4) is 0 Å². The molecule has 0 unspecified atom stereocenters. The Morgan fingerprint density at radius 3 is 2.73 bits per heavy atom. The van der Waals surface area contributed by atoms with Gasteiger partial charge in [0.15, 0.2) is 0 Å². The van der Waals surface area contributed by atoms with Crippen LogP contribution in [0.5, 0.6) is 0 Å². The fourth-order valence-corrected chi connectivity index (χ4v) is 2.78. The SMILES string of the molecule is Cc1nc2ccc(C(=O)O)cc2n1Cc1cc(Cl)ccc1Cl. The van der Waals surface area contributed by atoms with Crippen LogP contribution in [0.1, 0.15) is 21.7 Å². The molecule has 0 bridgehead atoms. The standard InChI is InChI=1S/C16H12Cl2N2O2/c1-9-19-14-5-2-10(16(21)22)7-15(14)20(9)8-11-6-12(17)3-4-13(11)18/h2-7H,8H2,1H3,(H,21,22). The molecule has 0 atom stereocenters. The molecule has 2 aromatic carbocycles. The number of aryl methyl sites for hydroxylation is 1. The highest BCUT2D eigenvalue weighted by atomic mass is 35.5. The lowest BCUT2D eigenvalue weighted by atomic mass is 10.2. The number of hydrogen-bond donors (Lipinski definition) is 1. The fraction of sp³-hybridized carbons (Fsp3) is 0.125. The van der Waals surface area contributed by atoms with Crippen molar-refractivity contribution in [2.45, 2.75) is 13.5 Å². The van der Waals surface area contributed by atoms with Crippen LogP contribution >= 0.6 is 23.2 Å². The van der Waals surface area contributed by atoms with Gasteiger partial charge in [-0.25, -0.2) is 9.78 Å². The first-order chi connectivity index (χ1) is 10.5. The number of aromatic carboxylic acids is 1. The smallest absolute Gasteiger partial charge is 0.335 e. The average molecular weight is 335 g/mol. The summed E-state index contributed by atoms with van der Waals surface area (Å²) in [6, 6.07) is 10.2. The predicted octanol–water partition coefficient (Wildman–Crippen LogP) is 4.40. The van der Waals surface area contributed by atoms with Crippen molar-refractivity contribution in [1.82, 2.24) is 9.55 Å². The monoisotopic (exact) mass is 334 g/mol. The Morgan fingerprint density at radius 2 is 2.00 bits per heavy atom. The number of halogens is 2. The number of rotatable bonds is 3. The first-order valence-corrected chi connectivity index (χ1v) is 7.35. The van der Waals surface area contributed by atoms with Gasteiger partial charge < -0.3 is 9.67 Å². The first kappa shape index (κ1) is 14.9. The van der Waals surface area contributed by atoms with Crippen LogP contribution < -0.4 is 0 Å². The third-order valence-electron chi connectivity index (χ3n) is 3.52. The van der Waals surface area contributed by atoms with E-state index in [1.807, 2.05) is 11.5 Å². The summed E-state index contributed by atoms with van der Waals surface area (Å²) < 4.78 is 1.93. The molecule has 1 aromatic heterocycles. The van der Waals surface area contributed by atoms with Crippen LogP contribution in [0, 0.1) is 6.92 Å². The van der Waals surface area contributed by atoms with E-state index >= 15 is 0 Å². The molecular weight excluding hydrogens is 323 g/mol. The quantitative estimate of drug-likeness (QED) is 0.772. The van der Waals surface area contributed by atoms with Crippen molar-refractivity contribution in [3.05, 3.63) is 63.4 Å². The summed E-state index contributed by atoms with van der Waals surface area (Å²) >= 11 is 12.2. The molecule has 6 heteroatoms. The van der Waals surface area contributed by atoms with Gasteiger partial charge in [0.05, 0.1) is 23.1 Å². The maximum absolute atomic E-state index is 11.2. The minimum atomic E-state index is -0.965. The van der Waals surface area contributed by atoms with Gasteiger partial charge in [0.1, 0.15) is 5.82 Å². The van der Waals surface area contributed by atoms with Crippen LogP contribution in [0.25, 0.3) is 11.0 Å². The van der Waals surface area contributed by atoms with E-state index in [0.717, 1.165) is 22.4 Å². The summed E-state index contributed by atoms with van der Waals surface area (Å²) in [5, 5.41) is 10.4. The molecule has 0 radical (unpaired) electrons. The Bertz CT molecular complexity index is 887. The second kappa shape index (κ2) is 5.63. The third kappa shape index (κ3) is 2.67. The van der Waals surface area contributed by atoms with Crippen molar-refractivity contribution >= 4 is 40.2 Å². The van der Waals surface area contributed by atoms with E-state index in [1.165, 1.54) is 0 Å². The second-order valence-electron chi connectivity index (χ2n) is 4.99. The van der Waals surface area contributed by atoms with E-state index in [0.29, 0.717) is 16.6 Å². The van der Waals surface area contributed by atoms with Crippen LogP contribution in [0.2, 0.25) is 10.0 Å². The van der Waals surface area contributed by atoms with Crippen molar-refractivity contribution in [1.29, 1.82) is 0 Å². The minimum absolute atomic E-state index is 0.228. The molecule has 3 rings (SSSR count). The Morgan fingerprint density at radius 1 is 1.23 bits per heavy atom. The number of nitrogens with zero attached hydrogens (tertiary/aromatic N) is 2. The highest BCUT2D eigenvalue weighted by Crippen LogP contribution is 2.25. The summed E-state index contributed by atoms with van der Waals surface area (Å²) in [6.07, 6.45) is 0. The molecule has 0 aliphatic carbocycles. The Hall–Kier alpha value is -2.04. The summed E-state index contributed by atoms with van der Waals surface area (Å²) in [6.45, 7) is 2.35. The zero-order chi connectivity index (χ0) is 15.9. The number of carbonyl (C=O) groups is 1. The van der Waals surface area contributed by atoms with Gasteiger partial charge in [-0.05, 0) is 48.9 Å². The largest absolute Gasteiger partial charge is 0.478 e. The van der Waals surface area contributed by atoms with Crippen molar-refractivity contribution in [2.75, 3.05) is 0 Å². The molecule has 0 saturated carbocycles. The number of imidazole rings is 1. The predicted molar refractivity (Wildman–Crippen MR) is 87.0 cm³/mol. The van der Waals surface area contributed by atoms with Crippen molar-refractivity contribution < 1.29 is 9.90 Å². The lowest BCUT2D eigenvalue weighted by molar-refractivity contribution is 0.0697. The summed E-state index contributed by atoms with van der Waals surface area (Å²) in [7, 11) is 0. The molecule has 0 amide bonds. The molecule has 3 aromatic rings. The zero-order valence-corrected chi connectivity index (χ0v) is 13.2. The maximum Gasteiger partial charge on any atom is 0.335 e. The number of benzene rings is 2.